The number of rotatable bonds is 5. The Hall–Kier alpha value is -1.30. The highest BCUT2D eigenvalue weighted by atomic mass is 16.5. The maximum absolute atomic E-state index is 11.0. The standard InChI is InChI=1S/C8H17N3O3/c1-11(2)8(13)10-5-4-9-6-7(12)14-3/h9H,4-6H2,1-3H3,(H,10,13). The molecule has 0 aromatic heterocycles. The smallest absolute Gasteiger partial charge is 0.319 e. The molecule has 2 N–H and O–H groups in total. The zero-order chi connectivity index (χ0) is 11.0. The van der Waals surface area contributed by atoms with E-state index in [9.17, 15) is 9.59 Å². The molecule has 0 atom stereocenters. The molecular weight excluding hydrogens is 186 g/mol. The Morgan fingerprint density at radius 1 is 1.29 bits per heavy atom. The molecule has 0 saturated carbocycles. The van der Waals surface area contributed by atoms with Crippen molar-refractivity contribution in [2.75, 3.05) is 40.8 Å². The Kier molecular flexibility index (Phi) is 6.47. The van der Waals surface area contributed by atoms with Crippen molar-refractivity contribution in [1.82, 2.24) is 15.5 Å². The van der Waals surface area contributed by atoms with E-state index in [0.717, 1.165) is 0 Å². The fourth-order valence-corrected chi connectivity index (χ4v) is 0.679. The molecule has 0 heterocycles. The van der Waals surface area contributed by atoms with Gasteiger partial charge in [-0.3, -0.25) is 4.79 Å². The number of carbonyl (C=O) groups is 2. The van der Waals surface area contributed by atoms with Crippen LogP contribution in [-0.4, -0.2) is 57.7 Å². The Bertz CT molecular complexity index is 194. The molecule has 0 spiro atoms. The first-order valence-electron chi connectivity index (χ1n) is 4.30. The fraction of sp³-hybridized carbons (Fsp3) is 0.750. The van der Waals surface area contributed by atoms with Crippen molar-refractivity contribution < 1.29 is 14.3 Å². The number of nitrogens with one attached hydrogen (secondary N) is 2. The van der Waals surface area contributed by atoms with Gasteiger partial charge < -0.3 is 20.3 Å². The third-order valence-electron chi connectivity index (χ3n) is 1.48. The van der Waals surface area contributed by atoms with Gasteiger partial charge in [-0.25, -0.2) is 4.79 Å². The van der Waals surface area contributed by atoms with Gasteiger partial charge in [-0.2, -0.15) is 0 Å². The van der Waals surface area contributed by atoms with E-state index in [1.165, 1.54) is 12.0 Å². The van der Waals surface area contributed by atoms with Crippen molar-refractivity contribution >= 4 is 12.0 Å². The first-order chi connectivity index (χ1) is 6.57. The predicted molar refractivity (Wildman–Crippen MR) is 52.0 cm³/mol. The zero-order valence-electron chi connectivity index (χ0n) is 8.79. The van der Waals surface area contributed by atoms with Gasteiger partial charge in [-0.15, -0.1) is 0 Å². The third-order valence-corrected chi connectivity index (χ3v) is 1.48. The average molecular weight is 203 g/mol. The Labute approximate surface area is 83.6 Å². The summed E-state index contributed by atoms with van der Waals surface area (Å²) in [5.74, 6) is -0.316. The van der Waals surface area contributed by atoms with Crippen LogP contribution in [0.3, 0.4) is 0 Å². The summed E-state index contributed by atoms with van der Waals surface area (Å²) in [7, 11) is 4.66. The van der Waals surface area contributed by atoms with E-state index in [1.807, 2.05) is 0 Å². The van der Waals surface area contributed by atoms with Crippen LogP contribution in [0.25, 0.3) is 0 Å². The van der Waals surface area contributed by atoms with Crippen molar-refractivity contribution in [3.05, 3.63) is 0 Å². The van der Waals surface area contributed by atoms with E-state index in [4.69, 9.17) is 0 Å². The van der Waals surface area contributed by atoms with Crippen LogP contribution in [0.5, 0.6) is 0 Å². The number of ether oxygens (including phenoxy) is 1. The van der Waals surface area contributed by atoms with Crippen LogP contribution in [0.4, 0.5) is 4.79 Å². The van der Waals surface area contributed by atoms with Gasteiger partial charge in [0.25, 0.3) is 0 Å². The summed E-state index contributed by atoms with van der Waals surface area (Å²) in [4.78, 5) is 23.1. The molecule has 0 unspecified atom stereocenters. The lowest BCUT2D eigenvalue weighted by Gasteiger charge is -2.11. The minimum atomic E-state index is -0.316. The topological polar surface area (TPSA) is 70.7 Å². The fourth-order valence-electron chi connectivity index (χ4n) is 0.679. The van der Waals surface area contributed by atoms with Crippen LogP contribution in [0.2, 0.25) is 0 Å². The van der Waals surface area contributed by atoms with Gasteiger partial charge in [-0.1, -0.05) is 0 Å². The number of nitrogens with zero attached hydrogens (tertiary/aromatic N) is 1. The molecule has 0 fully saturated rings. The quantitative estimate of drug-likeness (QED) is 0.445. The zero-order valence-corrected chi connectivity index (χ0v) is 8.79. The van der Waals surface area contributed by atoms with E-state index >= 15 is 0 Å². The number of methoxy groups -OCH3 is 1. The van der Waals surface area contributed by atoms with Crippen molar-refractivity contribution in [2.24, 2.45) is 0 Å². The molecule has 14 heavy (non-hydrogen) atoms. The van der Waals surface area contributed by atoms with Crippen LogP contribution in [0.15, 0.2) is 0 Å². The molecule has 6 heteroatoms. The molecule has 0 radical (unpaired) electrons. The maximum atomic E-state index is 11.0. The summed E-state index contributed by atoms with van der Waals surface area (Å²) in [6.45, 7) is 1.18. The maximum Gasteiger partial charge on any atom is 0.319 e. The first-order valence-corrected chi connectivity index (χ1v) is 4.30. The largest absolute Gasteiger partial charge is 0.468 e. The first kappa shape index (κ1) is 12.7. The van der Waals surface area contributed by atoms with Gasteiger partial charge in [-0.05, 0) is 0 Å². The Morgan fingerprint density at radius 2 is 1.93 bits per heavy atom. The summed E-state index contributed by atoms with van der Waals surface area (Å²) in [6, 6.07) is -0.148. The Morgan fingerprint density at radius 3 is 2.43 bits per heavy atom. The number of esters is 1. The molecule has 2 amide bonds. The van der Waals surface area contributed by atoms with Crippen LogP contribution < -0.4 is 10.6 Å². The van der Waals surface area contributed by atoms with E-state index in [2.05, 4.69) is 15.4 Å². The van der Waals surface area contributed by atoms with E-state index < -0.39 is 0 Å². The SMILES string of the molecule is COC(=O)CNCCNC(=O)N(C)C. The molecule has 0 aliphatic carbocycles. The molecule has 0 aliphatic heterocycles. The van der Waals surface area contributed by atoms with Gasteiger partial charge in [0, 0.05) is 27.2 Å². The van der Waals surface area contributed by atoms with E-state index in [1.54, 1.807) is 14.1 Å². The highest BCUT2D eigenvalue weighted by Gasteiger charge is 2.01. The summed E-state index contributed by atoms with van der Waals surface area (Å²) >= 11 is 0. The molecule has 0 bridgehead atoms. The number of urea groups is 1. The summed E-state index contributed by atoms with van der Waals surface area (Å²) in [5.41, 5.74) is 0. The molecule has 0 aromatic carbocycles. The number of hydrogen-bond acceptors (Lipinski definition) is 4. The van der Waals surface area contributed by atoms with Crippen LogP contribution >= 0.6 is 0 Å². The highest BCUT2D eigenvalue weighted by molar-refractivity contribution is 5.73. The molecule has 0 rings (SSSR count). The normalized spacial score (nSPS) is 9.36. The monoisotopic (exact) mass is 203 g/mol. The Balaban J connectivity index is 3.30. The highest BCUT2D eigenvalue weighted by Crippen LogP contribution is 1.75. The second kappa shape index (κ2) is 7.14. The minimum Gasteiger partial charge on any atom is -0.468 e. The molecule has 82 valence electrons. The van der Waals surface area contributed by atoms with Gasteiger partial charge in [0.15, 0.2) is 0 Å². The molecular formula is C8H17N3O3. The molecule has 0 aliphatic rings. The second-order valence-corrected chi connectivity index (χ2v) is 2.88. The van der Waals surface area contributed by atoms with Crippen molar-refractivity contribution in [3.8, 4) is 0 Å². The van der Waals surface area contributed by atoms with Crippen molar-refractivity contribution in [3.63, 3.8) is 0 Å². The van der Waals surface area contributed by atoms with Crippen LogP contribution in [0.1, 0.15) is 0 Å². The summed E-state index contributed by atoms with van der Waals surface area (Å²) in [5, 5.41) is 5.47. The molecule has 0 saturated heterocycles. The van der Waals surface area contributed by atoms with E-state index in [0.29, 0.717) is 13.1 Å². The van der Waals surface area contributed by atoms with Gasteiger partial charge in [0.05, 0.1) is 13.7 Å². The van der Waals surface area contributed by atoms with Crippen LogP contribution in [0, 0.1) is 0 Å². The van der Waals surface area contributed by atoms with Crippen molar-refractivity contribution in [2.45, 2.75) is 0 Å². The van der Waals surface area contributed by atoms with Gasteiger partial charge >= 0.3 is 12.0 Å². The average Bonchev–Trinajstić information content (AvgIpc) is 2.16. The third kappa shape index (κ3) is 6.24. The lowest BCUT2D eigenvalue weighted by molar-refractivity contribution is -0.139. The molecule has 6 nitrogen and oxygen atoms in total. The van der Waals surface area contributed by atoms with E-state index in [-0.39, 0.29) is 18.5 Å². The molecule has 0 aromatic rings. The second-order valence-electron chi connectivity index (χ2n) is 2.88. The summed E-state index contributed by atoms with van der Waals surface area (Å²) < 4.78 is 4.42. The lowest BCUT2D eigenvalue weighted by Crippen LogP contribution is -2.39. The minimum absolute atomic E-state index is 0.148. The predicted octanol–water partition coefficient (Wildman–Crippen LogP) is -0.980. The number of hydrogen-bond donors (Lipinski definition) is 2. The van der Waals surface area contributed by atoms with Gasteiger partial charge in [0.2, 0.25) is 0 Å². The lowest BCUT2D eigenvalue weighted by atomic mass is 10.5. The summed E-state index contributed by atoms with van der Waals surface area (Å²) in [6.07, 6.45) is 0. The number of carbonyl (C=O) groups excluding carboxylic acids is 2. The number of amides is 2. The van der Waals surface area contributed by atoms with Crippen LogP contribution in [-0.2, 0) is 9.53 Å². The van der Waals surface area contributed by atoms with Gasteiger partial charge in [0.1, 0.15) is 0 Å². The van der Waals surface area contributed by atoms with Crippen molar-refractivity contribution in [1.29, 1.82) is 0 Å².